The quantitative estimate of drug-likeness (QED) is 0.791. The number of hydrogen-bond donors (Lipinski definition) is 2. The lowest BCUT2D eigenvalue weighted by Crippen LogP contribution is -2.26. The van der Waals surface area contributed by atoms with Crippen molar-refractivity contribution in [1.82, 2.24) is 4.72 Å². The van der Waals surface area contributed by atoms with Crippen molar-refractivity contribution in [3.05, 3.63) is 71.1 Å². The van der Waals surface area contributed by atoms with Gasteiger partial charge in [-0.25, -0.2) is 21.9 Å². The number of sulfonamides is 1. The van der Waals surface area contributed by atoms with E-state index in [9.17, 15) is 22.0 Å². The fraction of sp³-hybridized carbons (Fsp3) is 0.118. The van der Waals surface area contributed by atoms with Gasteiger partial charge in [0, 0.05) is 30.1 Å². The summed E-state index contributed by atoms with van der Waals surface area (Å²) in [7, 11) is -3.69. The zero-order valence-corrected chi connectivity index (χ0v) is 13.9. The fourth-order valence-electron chi connectivity index (χ4n) is 1.94. The maximum absolute atomic E-state index is 13.0. The molecule has 0 heterocycles. The van der Waals surface area contributed by atoms with Crippen LogP contribution in [0.15, 0.2) is 53.9 Å². The van der Waals surface area contributed by atoms with Crippen LogP contribution < -0.4 is 10.0 Å². The van der Waals surface area contributed by atoms with Crippen LogP contribution in [0, 0.1) is 11.6 Å². The molecule has 0 aliphatic heterocycles. The zero-order valence-electron chi connectivity index (χ0n) is 13.1. The molecule has 5 nitrogen and oxygen atoms in total. The molecule has 8 heteroatoms. The molecule has 2 aromatic carbocycles. The molecule has 0 aromatic heterocycles. The number of hydrogen-bond acceptors (Lipinski definition) is 3. The Kier molecular flexibility index (Phi) is 6.37. The maximum atomic E-state index is 13.0. The molecule has 0 spiro atoms. The first-order valence-electron chi connectivity index (χ1n) is 7.33. The van der Waals surface area contributed by atoms with Crippen molar-refractivity contribution in [2.75, 3.05) is 11.9 Å². The first kappa shape index (κ1) is 18.8. The second-order valence-corrected chi connectivity index (χ2v) is 6.76. The second kappa shape index (κ2) is 8.50. The Balaban J connectivity index is 1.82. The minimum atomic E-state index is -3.69. The molecular weight excluding hydrogens is 350 g/mol. The van der Waals surface area contributed by atoms with E-state index < -0.39 is 27.6 Å². The topological polar surface area (TPSA) is 75.3 Å². The molecule has 1 amide bonds. The summed E-state index contributed by atoms with van der Waals surface area (Å²) in [5, 5.41) is 3.30. The Hall–Kier alpha value is -2.58. The summed E-state index contributed by atoms with van der Waals surface area (Å²) in [5.41, 5.74) is 0.688. The third-order valence-electron chi connectivity index (χ3n) is 3.04. The molecule has 132 valence electrons. The molecule has 0 saturated heterocycles. The molecule has 0 unspecified atom stereocenters. The van der Waals surface area contributed by atoms with Crippen molar-refractivity contribution in [1.29, 1.82) is 0 Å². The van der Waals surface area contributed by atoms with E-state index in [0.29, 0.717) is 6.07 Å². The predicted octanol–water partition coefficient (Wildman–Crippen LogP) is 2.88. The summed E-state index contributed by atoms with van der Waals surface area (Å²) in [6, 6.07) is 11.5. The van der Waals surface area contributed by atoms with Gasteiger partial charge in [0.05, 0.1) is 0 Å². The molecule has 2 N–H and O–H groups in total. The molecular formula is C17H16F2N2O3S. The van der Waals surface area contributed by atoms with E-state index in [1.165, 1.54) is 6.08 Å². The van der Waals surface area contributed by atoms with Gasteiger partial charge in [-0.05, 0) is 23.8 Å². The van der Waals surface area contributed by atoms with Gasteiger partial charge >= 0.3 is 0 Å². The average Bonchev–Trinajstić information content (AvgIpc) is 2.53. The van der Waals surface area contributed by atoms with Crippen LogP contribution >= 0.6 is 0 Å². The minimum Gasteiger partial charge on any atom is -0.326 e. The van der Waals surface area contributed by atoms with Crippen molar-refractivity contribution < 1.29 is 22.0 Å². The number of benzene rings is 2. The van der Waals surface area contributed by atoms with Crippen molar-refractivity contribution in [3.8, 4) is 0 Å². The number of rotatable bonds is 7. The summed E-state index contributed by atoms with van der Waals surface area (Å²) in [4.78, 5) is 11.7. The van der Waals surface area contributed by atoms with E-state index in [0.717, 1.165) is 23.1 Å². The van der Waals surface area contributed by atoms with Crippen LogP contribution in [-0.4, -0.2) is 20.9 Å². The number of amides is 1. The molecule has 0 radical (unpaired) electrons. The third-order valence-corrected chi connectivity index (χ3v) is 4.14. The zero-order chi connectivity index (χ0) is 18.3. The van der Waals surface area contributed by atoms with E-state index >= 15 is 0 Å². The van der Waals surface area contributed by atoms with Gasteiger partial charge in [-0.2, -0.15) is 0 Å². The minimum absolute atomic E-state index is 0.0330. The van der Waals surface area contributed by atoms with E-state index in [2.05, 4.69) is 10.0 Å². The van der Waals surface area contributed by atoms with Crippen LogP contribution in [-0.2, 0) is 14.8 Å². The summed E-state index contributed by atoms with van der Waals surface area (Å²) >= 11 is 0. The normalized spacial score (nSPS) is 11.6. The fourth-order valence-corrected chi connectivity index (χ4v) is 2.76. The van der Waals surface area contributed by atoms with Crippen molar-refractivity contribution in [2.45, 2.75) is 6.42 Å². The van der Waals surface area contributed by atoms with Crippen LogP contribution in [0.3, 0.4) is 0 Å². The van der Waals surface area contributed by atoms with Gasteiger partial charge in [-0.1, -0.05) is 30.3 Å². The van der Waals surface area contributed by atoms with Crippen molar-refractivity contribution in [2.24, 2.45) is 0 Å². The Bertz CT molecular complexity index is 848. The van der Waals surface area contributed by atoms with Crippen LogP contribution in [0.5, 0.6) is 0 Å². The van der Waals surface area contributed by atoms with Gasteiger partial charge in [0.25, 0.3) is 0 Å². The lowest BCUT2D eigenvalue weighted by atomic mass is 10.2. The second-order valence-electron chi connectivity index (χ2n) is 5.11. The van der Waals surface area contributed by atoms with Crippen LogP contribution in [0.2, 0.25) is 0 Å². The number of carbonyl (C=O) groups is 1. The molecule has 0 aliphatic carbocycles. The lowest BCUT2D eigenvalue weighted by Gasteiger charge is -2.06. The first-order chi connectivity index (χ1) is 11.8. The van der Waals surface area contributed by atoms with Crippen LogP contribution in [0.4, 0.5) is 14.5 Å². The molecule has 0 saturated carbocycles. The van der Waals surface area contributed by atoms with E-state index in [4.69, 9.17) is 0 Å². The Morgan fingerprint density at radius 1 is 1.04 bits per heavy atom. The summed E-state index contributed by atoms with van der Waals surface area (Å²) in [6.07, 6.45) is 1.24. The smallest absolute Gasteiger partial charge is 0.233 e. The highest BCUT2D eigenvalue weighted by Crippen LogP contribution is 2.13. The molecule has 2 aromatic rings. The molecule has 0 fully saturated rings. The summed E-state index contributed by atoms with van der Waals surface area (Å²) in [5.74, 6) is -2.20. The lowest BCUT2D eigenvalue weighted by molar-refractivity contribution is -0.116. The van der Waals surface area contributed by atoms with Gasteiger partial charge in [-0.15, -0.1) is 0 Å². The highest BCUT2D eigenvalue weighted by Gasteiger charge is 2.08. The van der Waals surface area contributed by atoms with Gasteiger partial charge in [-0.3, -0.25) is 4.79 Å². The Labute approximate surface area is 144 Å². The van der Waals surface area contributed by atoms with E-state index in [1.54, 1.807) is 24.3 Å². The predicted molar refractivity (Wildman–Crippen MR) is 92.0 cm³/mol. The van der Waals surface area contributed by atoms with Gasteiger partial charge < -0.3 is 5.32 Å². The standard InChI is InChI=1S/C17H16F2N2O3S/c18-14-10-15(19)12-16(11-14)21-17(22)6-8-20-25(23,24)9-7-13-4-2-1-3-5-13/h1-5,7,9-12,20H,6,8H2,(H,21,22). The Morgan fingerprint density at radius 3 is 2.32 bits per heavy atom. The van der Waals surface area contributed by atoms with Gasteiger partial charge in [0.2, 0.25) is 15.9 Å². The van der Waals surface area contributed by atoms with Crippen molar-refractivity contribution >= 4 is 27.7 Å². The first-order valence-corrected chi connectivity index (χ1v) is 8.87. The van der Waals surface area contributed by atoms with E-state index in [1.807, 2.05) is 6.07 Å². The molecule has 25 heavy (non-hydrogen) atoms. The summed E-state index contributed by atoms with van der Waals surface area (Å²) < 4.78 is 51.9. The highest BCUT2D eigenvalue weighted by atomic mass is 32.2. The van der Waals surface area contributed by atoms with Gasteiger partial charge in [0.15, 0.2) is 0 Å². The molecule has 0 aliphatic rings. The van der Waals surface area contributed by atoms with Crippen molar-refractivity contribution in [3.63, 3.8) is 0 Å². The highest BCUT2D eigenvalue weighted by molar-refractivity contribution is 7.92. The van der Waals surface area contributed by atoms with Crippen LogP contribution in [0.25, 0.3) is 6.08 Å². The number of anilines is 1. The monoisotopic (exact) mass is 366 g/mol. The Morgan fingerprint density at radius 2 is 1.68 bits per heavy atom. The maximum Gasteiger partial charge on any atom is 0.233 e. The molecule has 2 rings (SSSR count). The molecule has 0 bridgehead atoms. The average molecular weight is 366 g/mol. The SMILES string of the molecule is O=C(CCNS(=O)(=O)C=Cc1ccccc1)Nc1cc(F)cc(F)c1. The van der Waals surface area contributed by atoms with E-state index in [-0.39, 0.29) is 18.7 Å². The number of nitrogens with one attached hydrogen (secondary N) is 2. The number of carbonyl (C=O) groups excluding carboxylic acids is 1. The largest absolute Gasteiger partial charge is 0.326 e. The van der Waals surface area contributed by atoms with Gasteiger partial charge in [0.1, 0.15) is 11.6 Å². The number of halogens is 2. The van der Waals surface area contributed by atoms with Crippen LogP contribution in [0.1, 0.15) is 12.0 Å². The summed E-state index contributed by atoms with van der Waals surface area (Å²) in [6.45, 7) is -0.148. The molecule has 0 atom stereocenters. The third kappa shape index (κ3) is 6.82.